The van der Waals surface area contributed by atoms with Gasteiger partial charge in [0.15, 0.2) is 0 Å². The van der Waals surface area contributed by atoms with E-state index in [-0.39, 0.29) is 6.04 Å². The van der Waals surface area contributed by atoms with Crippen LogP contribution in [0.3, 0.4) is 0 Å². The summed E-state index contributed by atoms with van der Waals surface area (Å²) in [6, 6.07) is -0.376. The number of amides is 1. The molecular weight excluding hydrogens is 173 g/mol. The summed E-state index contributed by atoms with van der Waals surface area (Å²) in [5.41, 5.74) is 0. The van der Waals surface area contributed by atoms with Crippen LogP contribution in [-0.4, -0.2) is 31.2 Å². The van der Waals surface area contributed by atoms with Crippen LogP contribution in [0.1, 0.15) is 6.42 Å². The maximum atomic E-state index is 11.7. The number of rotatable bonds is 1. The van der Waals surface area contributed by atoms with Gasteiger partial charge in [-0.2, -0.15) is 13.2 Å². The number of hydrogen-bond donors (Lipinski definition) is 2. The first-order chi connectivity index (χ1) is 5.50. The molecule has 0 aliphatic carbocycles. The fraction of sp³-hybridized carbons (Fsp3) is 0.833. The van der Waals surface area contributed by atoms with Crippen LogP contribution in [0, 0.1) is 0 Å². The molecule has 1 rings (SSSR count). The van der Waals surface area contributed by atoms with Gasteiger partial charge in [0.25, 0.3) is 0 Å². The van der Waals surface area contributed by atoms with E-state index < -0.39 is 12.1 Å². The number of carbonyl (C=O) groups excluding carboxylic acids is 1. The second kappa shape index (κ2) is 3.30. The van der Waals surface area contributed by atoms with Crippen LogP contribution in [0.15, 0.2) is 0 Å². The minimum absolute atomic E-state index is 0.376. The average molecular weight is 182 g/mol. The van der Waals surface area contributed by atoms with Crippen LogP contribution in [0.25, 0.3) is 0 Å². The third-order valence-electron chi connectivity index (χ3n) is 1.65. The van der Waals surface area contributed by atoms with E-state index in [1.807, 2.05) is 5.32 Å². The van der Waals surface area contributed by atoms with Crippen molar-refractivity contribution in [2.24, 2.45) is 0 Å². The van der Waals surface area contributed by atoms with Crippen LogP contribution in [0.5, 0.6) is 0 Å². The van der Waals surface area contributed by atoms with Gasteiger partial charge in [-0.1, -0.05) is 0 Å². The molecule has 1 fully saturated rings. The van der Waals surface area contributed by atoms with E-state index in [0.717, 1.165) is 0 Å². The highest BCUT2D eigenvalue weighted by molar-refractivity contribution is 5.81. The van der Waals surface area contributed by atoms with Crippen LogP contribution in [0.4, 0.5) is 13.2 Å². The van der Waals surface area contributed by atoms with Crippen molar-refractivity contribution in [1.82, 2.24) is 10.6 Å². The first-order valence-electron chi connectivity index (χ1n) is 3.58. The number of nitrogens with one attached hydrogen (secondary N) is 2. The highest BCUT2D eigenvalue weighted by Gasteiger charge is 2.39. The maximum Gasteiger partial charge on any atom is 0.471 e. The van der Waals surface area contributed by atoms with Gasteiger partial charge in [0, 0.05) is 12.6 Å². The second-order valence-corrected chi connectivity index (χ2v) is 2.66. The van der Waals surface area contributed by atoms with E-state index in [4.69, 9.17) is 0 Å². The standard InChI is InChI=1S/C6H9F3N2O/c7-6(8,9)5(12)11-4-1-2-10-3-4/h4,10H,1-3H2,(H,11,12)/t4-/m1/s1. The van der Waals surface area contributed by atoms with E-state index >= 15 is 0 Å². The van der Waals surface area contributed by atoms with Gasteiger partial charge >= 0.3 is 12.1 Å². The lowest BCUT2D eigenvalue weighted by Gasteiger charge is -2.12. The quantitative estimate of drug-likeness (QED) is 0.600. The maximum absolute atomic E-state index is 11.7. The zero-order valence-corrected chi connectivity index (χ0v) is 6.24. The largest absolute Gasteiger partial charge is 0.471 e. The molecule has 1 amide bonds. The normalized spacial score (nSPS) is 24.1. The Labute approximate surface area is 67.3 Å². The van der Waals surface area contributed by atoms with Gasteiger partial charge < -0.3 is 10.6 Å². The molecule has 0 aromatic carbocycles. The summed E-state index contributed by atoms with van der Waals surface area (Å²) in [5.74, 6) is -1.85. The summed E-state index contributed by atoms with van der Waals surface area (Å²) in [5, 5.41) is 4.74. The molecule has 0 unspecified atom stereocenters. The predicted octanol–water partition coefficient (Wildman–Crippen LogP) is 0.0268. The van der Waals surface area contributed by atoms with Crippen molar-refractivity contribution >= 4 is 5.91 Å². The van der Waals surface area contributed by atoms with Gasteiger partial charge in [0.05, 0.1) is 0 Å². The number of carbonyl (C=O) groups is 1. The predicted molar refractivity (Wildman–Crippen MR) is 35.5 cm³/mol. The zero-order valence-electron chi connectivity index (χ0n) is 6.24. The molecule has 12 heavy (non-hydrogen) atoms. The molecule has 70 valence electrons. The van der Waals surface area contributed by atoms with E-state index in [1.165, 1.54) is 0 Å². The molecule has 1 aliphatic rings. The molecule has 1 atom stereocenters. The molecule has 1 aliphatic heterocycles. The molecule has 0 saturated carbocycles. The van der Waals surface area contributed by atoms with Crippen molar-refractivity contribution in [2.75, 3.05) is 13.1 Å². The fourth-order valence-corrected chi connectivity index (χ4v) is 1.05. The van der Waals surface area contributed by atoms with Crippen LogP contribution >= 0.6 is 0 Å². The Morgan fingerprint density at radius 1 is 1.50 bits per heavy atom. The van der Waals surface area contributed by atoms with Crippen molar-refractivity contribution in [3.05, 3.63) is 0 Å². The molecule has 1 saturated heterocycles. The average Bonchev–Trinajstić information content (AvgIpc) is 2.37. The minimum Gasteiger partial charge on any atom is -0.344 e. The molecule has 3 nitrogen and oxygen atoms in total. The third-order valence-corrected chi connectivity index (χ3v) is 1.65. The summed E-state index contributed by atoms with van der Waals surface area (Å²) < 4.78 is 35.0. The fourth-order valence-electron chi connectivity index (χ4n) is 1.05. The highest BCUT2D eigenvalue weighted by atomic mass is 19.4. The highest BCUT2D eigenvalue weighted by Crippen LogP contribution is 2.15. The van der Waals surface area contributed by atoms with E-state index in [0.29, 0.717) is 19.5 Å². The van der Waals surface area contributed by atoms with Crippen molar-refractivity contribution in [1.29, 1.82) is 0 Å². The molecule has 0 aromatic heterocycles. The SMILES string of the molecule is O=C(N[C@@H]1CCNC1)C(F)(F)F. The Balaban J connectivity index is 2.35. The van der Waals surface area contributed by atoms with Gasteiger partial charge in [-0.05, 0) is 13.0 Å². The lowest BCUT2D eigenvalue weighted by atomic mass is 10.2. The Hall–Kier alpha value is -0.780. The molecule has 0 radical (unpaired) electrons. The Morgan fingerprint density at radius 3 is 2.58 bits per heavy atom. The molecular formula is C6H9F3N2O. The zero-order chi connectivity index (χ0) is 9.19. The van der Waals surface area contributed by atoms with Gasteiger partial charge in [-0.15, -0.1) is 0 Å². The summed E-state index contributed by atoms with van der Waals surface area (Å²) >= 11 is 0. The molecule has 1 heterocycles. The molecule has 0 aromatic rings. The number of halogens is 3. The lowest BCUT2D eigenvalue weighted by molar-refractivity contribution is -0.174. The first kappa shape index (κ1) is 9.31. The molecule has 0 spiro atoms. The summed E-state index contributed by atoms with van der Waals surface area (Å²) in [6.45, 7) is 1.07. The Morgan fingerprint density at radius 2 is 2.17 bits per heavy atom. The summed E-state index contributed by atoms with van der Waals surface area (Å²) in [6.07, 6.45) is -4.20. The molecule has 0 bridgehead atoms. The van der Waals surface area contributed by atoms with Crippen molar-refractivity contribution in [3.8, 4) is 0 Å². The van der Waals surface area contributed by atoms with Crippen LogP contribution in [0.2, 0.25) is 0 Å². The summed E-state index contributed by atoms with van der Waals surface area (Å²) in [7, 11) is 0. The first-order valence-corrected chi connectivity index (χ1v) is 3.58. The number of hydrogen-bond acceptors (Lipinski definition) is 2. The van der Waals surface area contributed by atoms with Crippen LogP contribution < -0.4 is 10.6 Å². The van der Waals surface area contributed by atoms with Gasteiger partial charge in [0.1, 0.15) is 0 Å². The third kappa shape index (κ3) is 2.37. The van der Waals surface area contributed by atoms with Crippen molar-refractivity contribution in [2.45, 2.75) is 18.6 Å². The lowest BCUT2D eigenvalue weighted by Crippen LogP contribution is -2.43. The Kier molecular flexibility index (Phi) is 2.56. The van der Waals surface area contributed by atoms with Crippen LogP contribution in [-0.2, 0) is 4.79 Å². The van der Waals surface area contributed by atoms with E-state index in [2.05, 4.69) is 5.32 Å². The van der Waals surface area contributed by atoms with Crippen molar-refractivity contribution in [3.63, 3.8) is 0 Å². The van der Waals surface area contributed by atoms with Crippen molar-refractivity contribution < 1.29 is 18.0 Å². The number of alkyl halides is 3. The molecule has 6 heteroatoms. The monoisotopic (exact) mass is 182 g/mol. The van der Waals surface area contributed by atoms with Gasteiger partial charge in [-0.25, -0.2) is 0 Å². The van der Waals surface area contributed by atoms with Gasteiger partial charge in [0.2, 0.25) is 0 Å². The van der Waals surface area contributed by atoms with E-state index in [1.54, 1.807) is 0 Å². The smallest absolute Gasteiger partial charge is 0.344 e. The van der Waals surface area contributed by atoms with Gasteiger partial charge in [-0.3, -0.25) is 4.79 Å². The van der Waals surface area contributed by atoms with E-state index in [9.17, 15) is 18.0 Å². The Bertz CT molecular complexity index is 174. The topological polar surface area (TPSA) is 41.1 Å². The molecule has 2 N–H and O–H groups in total. The summed E-state index contributed by atoms with van der Waals surface area (Å²) in [4.78, 5) is 10.4. The second-order valence-electron chi connectivity index (χ2n) is 2.66. The minimum atomic E-state index is -4.76.